The summed E-state index contributed by atoms with van der Waals surface area (Å²) in [5.41, 5.74) is 5.60. The fourth-order valence-corrected chi connectivity index (χ4v) is 1.61. The molecule has 0 bridgehead atoms. The van der Waals surface area contributed by atoms with Crippen LogP contribution in [0.4, 0.5) is 0 Å². The maximum Gasteiger partial charge on any atom is 0.188 e. The molecule has 0 radical (unpaired) electrons. The van der Waals surface area contributed by atoms with Gasteiger partial charge < -0.3 is 16.2 Å². The smallest absolute Gasteiger partial charge is 0.188 e. The molecule has 4 nitrogen and oxygen atoms in total. The molecule has 2 rings (SSSR count). The number of aliphatic imine (C=N–C) groups is 1. The van der Waals surface area contributed by atoms with E-state index in [1.54, 1.807) is 6.92 Å². The number of nitrogens with one attached hydrogen (secondary N) is 1. The van der Waals surface area contributed by atoms with Gasteiger partial charge >= 0.3 is 0 Å². The summed E-state index contributed by atoms with van der Waals surface area (Å²) >= 11 is 0. The highest BCUT2D eigenvalue weighted by Gasteiger charge is 2.24. The van der Waals surface area contributed by atoms with E-state index < -0.39 is 5.60 Å². The van der Waals surface area contributed by atoms with Crippen molar-refractivity contribution in [1.29, 1.82) is 0 Å². The molecule has 0 aromatic heterocycles. The van der Waals surface area contributed by atoms with Crippen LogP contribution >= 0.6 is 0 Å². The Kier molecular flexibility index (Phi) is 3.33. The summed E-state index contributed by atoms with van der Waals surface area (Å²) in [6.45, 7) is 2.01. The van der Waals surface area contributed by atoms with Gasteiger partial charge in [0, 0.05) is 6.04 Å². The molecule has 1 aromatic rings. The zero-order valence-corrected chi connectivity index (χ0v) is 10.1. The number of nitrogens with two attached hydrogens (primary N) is 1. The molecule has 1 aliphatic carbocycles. The van der Waals surface area contributed by atoms with Crippen molar-refractivity contribution in [2.45, 2.75) is 31.4 Å². The Labute approximate surface area is 102 Å². The number of benzene rings is 1. The van der Waals surface area contributed by atoms with Crippen LogP contribution in [0.5, 0.6) is 0 Å². The number of aliphatic hydroxyl groups is 1. The van der Waals surface area contributed by atoms with Gasteiger partial charge in [-0.3, -0.25) is 4.99 Å². The number of nitrogens with zero attached hydrogens (tertiary/aromatic N) is 1. The van der Waals surface area contributed by atoms with Crippen molar-refractivity contribution in [2.75, 3.05) is 6.54 Å². The Bertz CT molecular complexity index is 396. The van der Waals surface area contributed by atoms with E-state index >= 15 is 0 Å². The third-order valence-corrected chi connectivity index (χ3v) is 2.88. The average molecular weight is 233 g/mol. The molecule has 17 heavy (non-hydrogen) atoms. The van der Waals surface area contributed by atoms with E-state index in [0.717, 1.165) is 18.4 Å². The van der Waals surface area contributed by atoms with Crippen molar-refractivity contribution in [1.82, 2.24) is 5.32 Å². The van der Waals surface area contributed by atoms with Crippen LogP contribution in [0.2, 0.25) is 0 Å². The second kappa shape index (κ2) is 4.75. The largest absolute Gasteiger partial charge is 0.384 e. The van der Waals surface area contributed by atoms with Crippen LogP contribution in [0.25, 0.3) is 0 Å². The standard InChI is InChI=1S/C13H19N3O/c1-13(17,10-5-3-2-4-6-10)9-15-12(14)16-11-7-8-11/h2-6,11,17H,7-9H2,1H3,(H3,14,15,16). The molecular weight excluding hydrogens is 214 g/mol. The number of hydrogen-bond acceptors (Lipinski definition) is 2. The molecule has 92 valence electrons. The van der Waals surface area contributed by atoms with Crippen molar-refractivity contribution in [2.24, 2.45) is 10.7 Å². The molecule has 0 spiro atoms. The summed E-state index contributed by atoms with van der Waals surface area (Å²) in [4.78, 5) is 4.19. The second-order valence-electron chi connectivity index (χ2n) is 4.76. The summed E-state index contributed by atoms with van der Waals surface area (Å²) < 4.78 is 0. The normalized spacial score (nSPS) is 19.8. The molecule has 4 N–H and O–H groups in total. The maximum absolute atomic E-state index is 10.3. The van der Waals surface area contributed by atoms with E-state index in [2.05, 4.69) is 10.3 Å². The lowest BCUT2D eigenvalue weighted by atomic mass is 9.96. The zero-order chi connectivity index (χ0) is 12.3. The molecule has 0 saturated heterocycles. The minimum absolute atomic E-state index is 0.266. The Morgan fingerprint density at radius 2 is 2.12 bits per heavy atom. The third kappa shape index (κ3) is 3.46. The Hall–Kier alpha value is -1.55. The van der Waals surface area contributed by atoms with E-state index in [1.807, 2.05) is 30.3 Å². The first kappa shape index (κ1) is 11.9. The van der Waals surface area contributed by atoms with Crippen molar-refractivity contribution in [3.05, 3.63) is 35.9 Å². The molecule has 1 unspecified atom stereocenters. The van der Waals surface area contributed by atoms with Gasteiger partial charge in [0.2, 0.25) is 0 Å². The minimum Gasteiger partial charge on any atom is -0.384 e. The van der Waals surface area contributed by atoms with Crippen LogP contribution in [0.15, 0.2) is 35.3 Å². The maximum atomic E-state index is 10.3. The number of hydrogen-bond donors (Lipinski definition) is 3. The average Bonchev–Trinajstić information content (AvgIpc) is 3.12. The minimum atomic E-state index is -0.975. The topological polar surface area (TPSA) is 70.6 Å². The van der Waals surface area contributed by atoms with Gasteiger partial charge in [-0.15, -0.1) is 0 Å². The van der Waals surface area contributed by atoms with Gasteiger partial charge in [-0.05, 0) is 25.3 Å². The molecule has 0 amide bonds. The van der Waals surface area contributed by atoms with Gasteiger partial charge in [-0.25, -0.2) is 0 Å². The lowest BCUT2D eigenvalue weighted by Crippen LogP contribution is -2.35. The second-order valence-corrected chi connectivity index (χ2v) is 4.76. The molecule has 0 aliphatic heterocycles. The predicted molar refractivity (Wildman–Crippen MR) is 68.7 cm³/mol. The van der Waals surface area contributed by atoms with E-state index in [9.17, 15) is 5.11 Å². The summed E-state index contributed by atoms with van der Waals surface area (Å²) in [5, 5.41) is 13.4. The fourth-order valence-electron chi connectivity index (χ4n) is 1.61. The van der Waals surface area contributed by atoms with Gasteiger partial charge in [0.25, 0.3) is 0 Å². The number of rotatable bonds is 4. The monoisotopic (exact) mass is 233 g/mol. The molecule has 1 saturated carbocycles. The van der Waals surface area contributed by atoms with E-state index in [-0.39, 0.29) is 6.54 Å². The van der Waals surface area contributed by atoms with Crippen molar-refractivity contribution < 1.29 is 5.11 Å². The Morgan fingerprint density at radius 1 is 1.47 bits per heavy atom. The van der Waals surface area contributed by atoms with Gasteiger partial charge in [-0.1, -0.05) is 30.3 Å². The zero-order valence-electron chi connectivity index (χ0n) is 10.1. The molecule has 0 heterocycles. The molecule has 4 heteroatoms. The van der Waals surface area contributed by atoms with Crippen LogP contribution in [-0.2, 0) is 5.60 Å². The highest BCUT2D eigenvalue weighted by molar-refractivity contribution is 5.78. The highest BCUT2D eigenvalue weighted by atomic mass is 16.3. The van der Waals surface area contributed by atoms with Crippen LogP contribution in [0, 0.1) is 0 Å². The SMILES string of the molecule is CC(O)(CN=C(N)NC1CC1)c1ccccc1. The van der Waals surface area contributed by atoms with Crippen LogP contribution in [-0.4, -0.2) is 23.7 Å². The summed E-state index contributed by atoms with van der Waals surface area (Å²) in [7, 11) is 0. The fraction of sp³-hybridized carbons (Fsp3) is 0.462. The van der Waals surface area contributed by atoms with E-state index in [1.165, 1.54) is 0 Å². The summed E-state index contributed by atoms with van der Waals surface area (Å²) in [6, 6.07) is 9.99. The Morgan fingerprint density at radius 3 is 2.71 bits per heavy atom. The lowest BCUT2D eigenvalue weighted by Gasteiger charge is -2.21. The first-order chi connectivity index (χ1) is 8.08. The van der Waals surface area contributed by atoms with Gasteiger partial charge in [0.15, 0.2) is 5.96 Å². The van der Waals surface area contributed by atoms with Gasteiger partial charge in [0.05, 0.1) is 6.54 Å². The first-order valence-corrected chi connectivity index (χ1v) is 5.92. The molecular formula is C13H19N3O. The van der Waals surface area contributed by atoms with Crippen LogP contribution < -0.4 is 11.1 Å². The quantitative estimate of drug-likeness (QED) is 0.536. The van der Waals surface area contributed by atoms with Crippen LogP contribution in [0.3, 0.4) is 0 Å². The molecule has 1 fully saturated rings. The number of guanidine groups is 1. The lowest BCUT2D eigenvalue weighted by molar-refractivity contribution is 0.0673. The van der Waals surface area contributed by atoms with Crippen molar-refractivity contribution in [3.63, 3.8) is 0 Å². The van der Waals surface area contributed by atoms with E-state index in [0.29, 0.717) is 12.0 Å². The van der Waals surface area contributed by atoms with Crippen LogP contribution in [0.1, 0.15) is 25.3 Å². The first-order valence-electron chi connectivity index (χ1n) is 5.92. The van der Waals surface area contributed by atoms with E-state index in [4.69, 9.17) is 5.73 Å². The summed E-state index contributed by atoms with van der Waals surface area (Å²) in [6.07, 6.45) is 2.32. The van der Waals surface area contributed by atoms with Crippen molar-refractivity contribution >= 4 is 5.96 Å². The van der Waals surface area contributed by atoms with Crippen molar-refractivity contribution in [3.8, 4) is 0 Å². The molecule has 1 atom stereocenters. The third-order valence-electron chi connectivity index (χ3n) is 2.88. The predicted octanol–water partition coefficient (Wildman–Crippen LogP) is 0.961. The van der Waals surface area contributed by atoms with Gasteiger partial charge in [0.1, 0.15) is 5.60 Å². The highest BCUT2D eigenvalue weighted by Crippen LogP contribution is 2.21. The Balaban J connectivity index is 1.96. The molecule has 1 aromatic carbocycles. The molecule has 1 aliphatic rings. The summed E-state index contributed by atoms with van der Waals surface area (Å²) in [5.74, 6) is 0.420. The van der Waals surface area contributed by atoms with Gasteiger partial charge in [-0.2, -0.15) is 0 Å².